The third-order valence-electron chi connectivity index (χ3n) is 6.97. The summed E-state index contributed by atoms with van der Waals surface area (Å²) in [5, 5.41) is 6.64. The first kappa shape index (κ1) is 22.3. The number of carbonyl (C=O) groups excluding carboxylic acids is 1. The summed E-state index contributed by atoms with van der Waals surface area (Å²) in [5.74, 6) is 0.914. The summed E-state index contributed by atoms with van der Waals surface area (Å²) in [5.41, 5.74) is 1.31. The van der Waals surface area contributed by atoms with Crippen molar-refractivity contribution in [3.63, 3.8) is 0 Å². The van der Waals surface area contributed by atoms with Crippen LogP contribution in [0.25, 0.3) is 0 Å². The average Bonchev–Trinajstić information content (AvgIpc) is 3.31. The molecule has 4 rings (SSSR count). The molecule has 0 bridgehead atoms. The van der Waals surface area contributed by atoms with Gasteiger partial charge in [0.2, 0.25) is 5.91 Å². The molecule has 1 amide bonds. The van der Waals surface area contributed by atoms with E-state index in [0.29, 0.717) is 6.42 Å². The van der Waals surface area contributed by atoms with Crippen LogP contribution in [0.2, 0.25) is 0 Å². The minimum Gasteiger partial charge on any atom is -0.355 e. The van der Waals surface area contributed by atoms with Crippen molar-refractivity contribution in [2.45, 2.75) is 50.4 Å². The van der Waals surface area contributed by atoms with E-state index in [1.54, 1.807) is 12.1 Å². The highest BCUT2D eigenvalue weighted by atomic mass is 127. The van der Waals surface area contributed by atoms with Gasteiger partial charge in [-0.1, -0.05) is 25.0 Å². The summed E-state index contributed by atoms with van der Waals surface area (Å²) in [4.78, 5) is 18.7. The molecule has 0 aromatic heterocycles. The van der Waals surface area contributed by atoms with E-state index < -0.39 is 0 Å². The maximum absolute atomic E-state index is 13.4. The lowest BCUT2D eigenvalue weighted by Crippen LogP contribution is -2.53. The smallest absolute Gasteiger partial charge is 0.220 e. The van der Waals surface area contributed by atoms with Crippen molar-refractivity contribution in [3.05, 3.63) is 35.6 Å². The van der Waals surface area contributed by atoms with Crippen molar-refractivity contribution in [1.29, 1.82) is 0 Å². The molecule has 2 heterocycles. The second-order valence-corrected chi connectivity index (χ2v) is 8.87. The molecule has 2 aliphatic heterocycles. The first-order valence-electron chi connectivity index (χ1n) is 10.5. The van der Waals surface area contributed by atoms with Gasteiger partial charge in [0.05, 0.1) is 0 Å². The largest absolute Gasteiger partial charge is 0.355 e. The maximum Gasteiger partial charge on any atom is 0.220 e. The Morgan fingerprint density at radius 3 is 2.55 bits per heavy atom. The van der Waals surface area contributed by atoms with Gasteiger partial charge in [-0.25, -0.2) is 4.39 Å². The Balaban J connectivity index is 0.00000240. The van der Waals surface area contributed by atoms with E-state index in [1.165, 1.54) is 18.4 Å². The fourth-order valence-corrected chi connectivity index (χ4v) is 5.43. The summed E-state index contributed by atoms with van der Waals surface area (Å²) in [6, 6.07) is 7.03. The highest BCUT2D eigenvalue weighted by molar-refractivity contribution is 14.0. The molecule has 29 heavy (non-hydrogen) atoms. The van der Waals surface area contributed by atoms with Crippen molar-refractivity contribution >= 4 is 35.8 Å². The summed E-state index contributed by atoms with van der Waals surface area (Å²) >= 11 is 0. The molecule has 1 spiro atoms. The number of likely N-dealkylation sites (tertiary alicyclic amines) is 1. The first-order valence-corrected chi connectivity index (χ1v) is 10.5. The molecule has 5 nitrogen and oxygen atoms in total. The topological polar surface area (TPSA) is 56.7 Å². The van der Waals surface area contributed by atoms with Gasteiger partial charge in [0.1, 0.15) is 5.82 Å². The van der Waals surface area contributed by atoms with Crippen LogP contribution in [0.15, 0.2) is 29.3 Å². The zero-order valence-electron chi connectivity index (χ0n) is 17.2. The number of piperidine rings is 1. The lowest BCUT2D eigenvalue weighted by Gasteiger charge is -2.41. The highest BCUT2D eigenvalue weighted by Gasteiger charge is 2.43. The predicted octanol–water partition coefficient (Wildman–Crippen LogP) is 3.43. The Labute approximate surface area is 189 Å². The van der Waals surface area contributed by atoms with E-state index in [2.05, 4.69) is 20.5 Å². The second-order valence-electron chi connectivity index (χ2n) is 8.87. The van der Waals surface area contributed by atoms with E-state index in [0.717, 1.165) is 57.8 Å². The Bertz CT molecular complexity index is 748. The van der Waals surface area contributed by atoms with Crippen LogP contribution in [0.1, 0.15) is 50.5 Å². The molecule has 1 aromatic rings. The number of carbonyl (C=O) groups is 1. The van der Waals surface area contributed by atoms with Crippen LogP contribution in [0.4, 0.5) is 4.39 Å². The molecule has 3 aliphatic rings. The van der Waals surface area contributed by atoms with Gasteiger partial charge in [-0.3, -0.25) is 9.79 Å². The standard InChI is InChI=1S/C22H31FN4O.HI/c1-24-20(27-12-4-9-21(16-27)13-19(28)25-14-21)26-15-22(10-2-3-11-22)17-5-7-18(23)8-6-17;/h5-8H,2-4,9-16H2,1H3,(H,24,26)(H,25,28);1H. The van der Waals surface area contributed by atoms with Gasteiger partial charge in [0.25, 0.3) is 0 Å². The first-order chi connectivity index (χ1) is 13.5. The monoisotopic (exact) mass is 514 g/mol. The van der Waals surface area contributed by atoms with Gasteiger partial charge in [-0.2, -0.15) is 0 Å². The lowest BCUT2D eigenvalue weighted by atomic mass is 9.78. The van der Waals surface area contributed by atoms with Gasteiger partial charge < -0.3 is 15.5 Å². The summed E-state index contributed by atoms with van der Waals surface area (Å²) in [6.07, 6.45) is 7.45. The quantitative estimate of drug-likeness (QED) is 0.369. The zero-order valence-corrected chi connectivity index (χ0v) is 19.5. The Morgan fingerprint density at radius 1 is 1.21 bits per heavy atom. The minimum absolute atomic E-state index is 0. The lowest BCUT2D eigenvalue weighted by molar-refractivity contribution is -0.119. The number of benzene rings is 1. The molecule has 7 heteroatoms. The molecule has 0 radical (unpaired) electrons. The maximum atomic E-state index is 13.4. The third kappa shape index (κ3) is 4.70. The molecule has 2 saturated heterocycles. The second kappa shape index (κ2) is 9.18. The normalized spacial score (nSPS) is 26.3. The minimum atomic E-state index is -0.181. The molecule has 1 aliphatic carbocycles. The van der Waals surface area contributed by atoms with Crippen LogP contribution in [0, 0.1) is 11.2 Å². The molecule has 1 aromatic carbocycles. The van der Waals surface area contributed by atoms with Crippen LogP contribution in [-0.4, -0.2) is 50.0 Å². The van der Waals surface area contributed by atoms with Gasteiger partial charge in [-0.05, 0) is 43.4 Å². The number of nitrogens with one attached hydrogen (secondary N) is 2. The molecule has 1 unspecified atom stereocenters. The fourth-order valence-electron chi connectivity index (χ4n) is 5.43. The fraction of sp³-hybridized carbons (Fsp3) is 0.636. The van der Waals surface area contributed by atoms with Crippen molar-refractivity contribution in [1.82, 2.24) is 15.5 Å². The van der Waals surface area contributed by atoms with Crippen molar-refractivity contribution < 1.29 is 9.18 Å². The van der Waals surface area contributed by atoms with Gasteiger partial charge in [0, 0.05) is 50.5 Å². The number of guanidine groups is 1. The summed E-state index contributed by atoms with van der Waals surface area (Å²) in [6.45, 7) is 3.43. The van der Waals surface area contributed by atoms with Gasteiger partial charge in [0.15, 0.2) is 5.96 Å². The number of halogens is 2. The van der Waals surface area contributed by atoms with E-state index >= 15 is 0 Å². The molecular weight excluding hydrogens is 482 g/mol. The van der Waals surface area contributed by atoms with Crippen molar-refractivity contribution in [2.75, 3.05) is 33.2 Å². The Kier molecular flexibility index (Phi) is 7.06. The van der Waals surface area contributed by atoms with Crippen molar-refractivity contribution in [2.24, 2.45) is 10.4 Å². The molecule has 3 fully saturated rings. The van der Waals surface area contributed by atoms with Gasteiger partial charge in [-0.15, -0.1) is 24.0 Å². The van der Waals surface area contributed by atoms with Crippen molar-refractivity contribution in [3.8, 4) is 0 Å². The van der Waals surface area contributed by atoms with Gasteiger partial charge >= 0.3 is 0 Å². The van der Waals surface area contributed by atoms with Crippen LogP contribution >= 0.6 is 24.0 Å². The molecular formula is C22H32FIN4O. The number of rotatable bonds is 3. The molecule has 2 N–H and O–H groups in total. The predicted molar refractivity (Wildman–Crippen MR) is 124 cm³/mol. The Morgan fingerprint density at radius 2 is 1.93 bits per heavy atom. The van der Waals surface area contributed by atoms with Crippen LogP contribution < -0.4 is 10.6 Å². The highest BCUT2D eigenvalue weighted by Crippen LogP contribution is 2.41. The zero-order chi connectivity index (χ0) is 19.6. The number of nitrogens with zero attached hydrogens (tertiary/aromatic N) is 2. The SMILES string of the molecule is CN=C(NCC1(c2ccc(F)cc2)CCCC1)N1CCCC2(CNC(=O)C2)C1.I. The summed E-state index contributed by atoms with van der Waals surface area (Å²) < 4.78 is 13.4. The number of hydrogen-bond donors (Lipinski definition) is 2. The van der Waals surface area contributed by atoms with E-state index in [4.69, 9.17) is 0 Å². The number of amides is 1. The molecule has 1 atom stereocenters. The average molecular weight is 514 g/mol. The summed E-state index contributed by atoms with van der Waals surface area (Å²) in [7, 11) is 1.83. The third-order valence-corrected chi connectivity index (χ3v) is 6.97. The Hall–Kier alpha value is -1.38. The van der Waals surface area contributed by atoms with Crippen LogP contribution in [-0.2, 0) is 10.2 Å². The van der Waals surface area contributed by atoms with Crippen LogP contribution in [0.5, 0.6) is 0 Å². The van der Waals surface area contributed by atoms with Crippen LogP contribution in [0.3, 0.4) is 0 Å². The van der Waals surface area contributed by atoms with E-state index in [9.17, 15) is 9.18 Å². The van der Waals surface area contributed by atoms with E-state index in [-0.39, 0.29) is 46.5 Å². The number of hydrogen-bond acceptors (Lipinski definition) is 2. The number of aliphatic imine (C=N–C) groups is 1. The van der Waals surface area contributed by atoms with E-state index in [1.807, 2.05) is 19.2 Å². The molecule has 160 valence electrons. The molecule has 1 saturated carbocycles.